The molecule has 4 aliphatic rings. The zero-order valence-electron chi connectivity index (χ0n) is 22.5. The Morgan fingerprint density at radius 3 is 2.56 bits per heavy atom. The van der Waals surface area contributed by atoms with Gasteiger partial charge in [0.25, 0.3) is 5.70 Å². The molecule has 8 nitrogen and oxygen atoms in total. The summed E-state index contributed by atoms with van der Waals surface area (Å²) in [6.45, 7) is 7.35. The maximum Gasteiger partial charge on any atom is 0.276 e. The zero-order chi connectivity index (χ0) is 26.0. The van der Waals surface area contributed by atoms with E-state index < -0.39 is 0 Å². The van der Waals surface area contributed by atoms with Crippen molar-refractivity contribution < 1.29 is 14.7 Å². The molecular formula is C28H40N6O2+2. The third kappa shape index (κ3) is 5.20. The molecule has 4 rings (SSSR count). The fraction of sp³-hybridized carbons (Fsp3) is 0.500. The Morgan fingerprint density at radius 1 is 1.11 bits per heavy atom. The first kappa shape index (κ1) is 26.0. The van der Waals surface area contributed by atoms with Gasteiger partial charge in [-0.3, -0.25) is 10.2 Å². The molecule has 0 aromatic carbocycles. The van der Waals surface area contributed by atoms with Crippen molar-refractivity contribution in [1.82, 2.24) is 15.1 Å². The summed E-state index contributed by atoms with van der Waals surface area (Å²) < 4.78 is 2.36. The predicted molar refractivity (Wildman–Crippen MR) is 144 cm³/mol. The van der Waals surface area contributed by atoms with E-state index >= 15 is 0 Å². The van der Waals surface area contributed by atoms with Crippen LogP contribution in [-0.2, 0) is 0 Å². The van der Waals surface area contributed by atoms with E-state index in [9.17, 15) is 10.1 Å². The number of aliphatic imine (C=N–C) groups is 1. The smallest absolute Gasteiger partial charge is 0.276 e. The quantitative estimate of drug-likeness (QED) is 0.294. The van der Waals surface area contributed by atoms with Crippen LogP contribution in [0.5, 0.6) is 0 Å². The van der Waals surface area contributed by atoms with E-state index in [-0.39, 0.29) is 12.0 Å². The van der Waals surface area contributed by atoms with Gasteiger partial charge in [-0.15, -0.1) is 0 Å². The average Bonchev–Trinajstić information content (AvgIpc) is 2.83. The number of fused-ring (bicyclic) bond motifs is 4. The second kappa shape index (κ2) is 10.9. The highest BCUT2D eigenvalue weighted by atomic mass is 16.5. The number of nitroso groups, excluding NO2 is 1. The van der Waals surface area contributed by atoms with Gasteiger partial charge in [-0.2, -0.15) is 0 Å². The van der Waals surface area contributed by atoms with Gasteiger partial charge in [0.1, 0.15) is 0 Å². The van der Waals surface area contributed by atoms with E-state index in [1.165, 1.54) is 4.74 Å². The minimum atomic E-state index is -0.208. The van der Waals surface area contributed by atoms with Gasteiger partial charge in [0.05, 0.1) is 33.2 Å². The summed E-state index contributed by atoms with van der Waals surface area (Å²) in [6, 6.07) is -0.179. The Bertz CT molecular complexity index is 1180. The molecule has 192 valence electrons. The third-order valence-corrected chi connectivity index (χ3v) is 6.94. The number of hydrogen-bond donors (Lipinski definition) is 2. The molecule has 0 aromatic rings. The molecule has 0 aromatic heterocycles. The molecule has 2 aliphatic heterocycles. The number of rotatable bonds is 9. The number of allylic oxidation sites excluding steroid dienone is 9. The van der Waals surface area contributed by atoms with Gasteiger partial charge >= 0.3 is 0 Å². The maximum atomic E-state index is 13.3. The molecule has 0 bridgehead atoms. The number of nitrogens with zero attached hydrogens (tertiary/aromatic N) is 5. The average molecular weight is 493 g/mol. The number of hydroxylamine groups is 1. The zero-order valence-corrected chi connectivity index (χ0v) is 22.5. The Labute approximate surface area is 214 Å². The van der Waals surface area contributed by atoms with E-state index in [4.69, 9.17) is 4.99 Å². The second-order valence-electron chi connectivity index (χ2n) is 10.4. The van der Waals surface area contributed by atoms with Crippen LogP contribution in [0.2, 0.25) is 0 Å². The molecule has 36 heavy (non-hydrogen) atoms. The van der Waals surface area contributed by atoms with Crippen LogP contribution in [0.25, 0.3) is 0 Å². The Hall–Kier alpha value is -3.10. The molecule has 2 heterocycles. The van der Waals surface area contributed by atoms with Crippen LogP contribution in [0.3, 0.4) is 0 Å². The Balaban J connectivity index is 1.66. The largest absolute Gasteiger partial charge is 0.384 e. The van der Waals surface area contributed by atoms with E-state index in [1.807, 2.05) is 38.2 Å². The molecule has 2 unspecified atom stereocenters. The van der Waals surface area contributed by atoms with Gasteiger partial charge in [-0.05, 0) is 71.0 Å². The standard InChI is InChI=1S/C28H40N6O2/c1-19-17-25(29-13-7-15-31(3)4)23-11-10-22-21(27(23)33(19)35)9-12-24-26(30-14-8-16-32(5)6)18-20(2)34(36)28(22)24/h9-12,17-19,21,29,35H,7-8,13-16H2,1-6H3/q+2. The van der Waals surface area contributed by atoms with Crippen molar-refractivity contribution in [3.63, 3.8) is 0 Å². The molecule has 0 radical (unpaired) electrons. The van der Waals surface area contributed by atoms with E-state index in [0.717, 1.165) is 71.1 Å². The van der Waals surface area contributed by atoms with E-state index in [2.05, 4.69) is 55.5 Å². The van der Waals surface area contributed by atoms with Gasteiger partial charge < -0.3 is 15.1 Å². The summed E-state index contributed by atoms with van der Waals surface area (Å²) in [5.74, 6) is -0.208. The van der Waals surface area contributed by atoms with Crippen LogP contribution < -0.4 is 5.32 Å². The molecule has 8 heteroatoms. The highest BCUT2D eigenvalue weighted by Gasteiger charge is 2.47. The minimum Gasteiger partial charge on any atom is -0.384 e. The lowest BCUT2D eigenvalue weighted by molar-refractivity contribution is -0.791. The molecular weight excluding hydrogens is 452 g/mol. The summed E-state index contributed by atoms with van der Waals surface area (Å²) in [5.41, 5.74) is 6.67. The SMILES string of the molecule is CC1=CC(=NCCCN(C)C)C2=C(C3=CC=C4C(NCCCN(C)C)=CC(C)[N+](O)=C4C3C=C2)[N+]1=O. The summed E-state index contributed by atoms with van der Waals surface area (Å²) in [5, 5.41) is 14.7. The first-order valence-electron chi connectivity index (χ1n) is 12.8. The van der Waals surface area contributed by atoms with Gasteiger partial charge in [0, 0.05) is 49.6 Å². The van der Waals surface area contributed by atoms with Crippen LogP contribution in [0.15, 0.2) is 75.3 Å². The van der Waals surface area contributed by atoms with E-state index in [1.54, 1.807) is 0 Å². The Morgan fingerprint density at radius 2 is 1.83 bits per heavy atom. The van der Waals surface area contributed by atoms with Crippen LogP contribution in [0.1, 0.15) is 26.7 Å². The minimum absolute atomic E-state index is 0.179. The molecule has 0 spiro atoms. The van der Waals surface area contributed by atoms with Crippen LogP contribution >= 0.6 is 0 Å². The monoisotopic (exact) mass is 492 g/mol. The summed E-state index contributed by atoms with van der Waals surface area (Å²) in [4.78, 5) is 22.5. The molecule has 0 saturated carbocycles. The summed E-state index contributed by atoms with van der Waals surface area (Å²) >= 11 is 0. The Kier molecular flexibility index (Phi) is 7.85. The van der Waals surface area contributed by atoms with Crippen molar-refractivity contribution in [1.29, 1.82) is 0 Å². The second-order valence-corrected chi connectivity index (χ2v) is 10.4. The summed E-state index contributed by atoms with van der Waals surface area (Å²) in [6.07, 6.45) is 14.1. The van der Waals surface area contributed by atoms with Gasteiger partial charge in [-0.1, -0.05) is 12.2 Å². The highest BCUT2D eigenvalue weighted by Crippen LogP contribution is 2.40. The van der Waals surface area contributed by atoms with Crippen molar-refractivity contribution in [2.75, 3.05) is 54.4 Å². The van der Waals surface area contributed by atoms with Gasteiger partial charge in [-0.25, -0.2) is 0 Å². The fourth-order valence-corrected chi connectivity index (χ4v) is 5.07. The molecule has 2 aliphatic carbocycles. The summed E-state index contributed by atoms with van der Waals surface area (Å²) in [7, 11) is 8.27. The van der Waals surface area contributed by atoms with Gasteiger partial charge in [0.2, 0.25) is 17.5 Å². The lowest BCUT2D eigenvalue weighted by Crippen LogP contribution is -2.42. The topological polar surface area (TPSA) is 74.2 Å². The maximum absolute atomic E-state index is 13.3. The van der Waals surface area contributed by atoms with Crippen LogP contribution in [0.4, 0.5) is 0 Å². The van der Waals surface area contributed by atoms with E-state index in [0.29, 0.717) is 17.9 Å². The van der Waals surface area contributed by atoms with Crippen LogP contribution in [0, 0.1) is 10.8 Å². The van der Waals surface area contributed by atoms with Crippen molar-refractivity contribution in [2.24, 2.45) is 10.9 Å². The van der Waals surface area contributed by atoms with Crippen molar-refractivity contribution in [3.05, 3.63) is 75.2 Å². The number of nitrogens with one attached hydrogen (secondary N) is 1. The van der Waals surface area contributed by atoms with Gasteiger partial charge in [0.15, 0.2) is 0 Å². The molecule has 2 N–H and O–H groups in total. The van der Waals surface area contributed by atoms with Crippen molar-refractivity contribution in [3.8, 4) is 0 Å². The lowest BCUT2D eigenvalue weighted by atomic mass is 9.76. The fourth-order valence-electron chi connectivity index (χ4n) is 5.07. The van der Waals surface area contributed by atoms with Crippen molar-refractivity contribution in [2.45, 2.75) is 32.7 Å². The molecule has 0 fully saturated rings. The number of hydrogen-bond acceptors (Lipinski definition) is 6. The lowest BCUT2D eigenvalue weighted by Gasteiger charge is -2.29. The first-order chi connectivity index (χ1) is 17.2. The predicted octanol–water partition coefficient (Wildman–Crippen LogP) is 3.05. The molecule has 0 saturated heterocycles. The highest BCUT2D eigenvalue weighted by molar-refractivity contribution is 6.14. The normalized spacial score (nSPS) is 24.4. The third-order valence-electron chi connectivity index (χ3n) is 6.94. The van der Waals surface area contributed by atoms with Crippen LogP contribution in [-0.4, -0.2) is 96.3 Å². The molecule has 0 amide bonds. The van der Waals surface area contributed by atoms with Crippen molar-refractivity contribution >= 4 is 11.4 Å². The first-order valence-corrected chi connectivity index (χ1v) is 12.8. The molecule has 2 atom stereocenters.